The summed E-state index contributed by atoms with van der Waals surface area (Å²) in [7, 11) is 0. The Morgan fingerprint density at radius 2 is 1.78 bits per heavy atom. The van der Waals surface area contributed by atoms with E-state index in [-0.39, 0.29) is 0 Å². The van der Waals surface area contributed by atoms with E-state index in [1.807, 2.05) is 30.5 Å². The van der Waals surface area contributed by atoms with Gasteiger partial charge in [0.25, 0.3) is 0 Å². The molecule has 1 aromatic rings. The van der Waals surface area contributed by atoms with E-state index in [0.717, 1.165) is 0 Å². The van der Waals surface area contributed by atoms with Crippen LogP contribution in [0.5, 0.6) is 0 Å². The Morgan fingerprint density at radius 1 is 1.11 bits per heavy atom. The molecule has 1 saturated heterocycles. The standard InChI is InChI=1S/C16H22N2/c1-14-8-6-9-15(2)18(14)17-13-7-12-16-10-4-3-5-11-16/h3-5,7,10-15H,6,8-9H2,1-2H3/b12-7+,17-13-/t14-,15-/m1/s1. The summed E-state index contributed by atoms with van der Waals surface area (Å²) in [5.74, 6) is 0. The highest BCUT2D eigenvalue weighted by molar-refractivity contribution is 5.77. The van der Waals surface area contributed by atoms with E-state index >= 15 is 0 Å². The lowest BCUT2D eigenvalue weighted by Crippen LogP contribution is -2.39. The molecule has 2 atom stereocenters. The molecule has 2 heteroatoms. The third kappa shape index (κ3) is 3.46. The highest BCUT2D eigenvalue weighted by atomic mass is 15.5. The van der Waals surface area contributed by atoms with Crippen LogP contribution in [0.2, 0.25) is 0 Å². The number of piperidine rings is 1. The molecule has 0 aliphatic carbocycles. The fraction of sp³-hybridized carbons (Fsp3) is 0.438. The second-order valence-corrected chi connectivity index (χ2v) is 5.04. The largest absolute Gasteiger partial charge is 0.292 e. The lowest BCUT2D eigenvalue weighted by Gasteiger charge is -2.36. The summed E-state index contributed by atoms with van der Waals surface area (Å²) in [6, 6.07) is 11.4. The van der Waals surface area contributed by atoms with Crippen molar-refractivity contribution >= 4 is 12.3 Å². The van der Waals surface area contributed by atoms with Crippen LogP contribution in [0.3, 0.4) is 0 Å². The van der Waals surface area contributed by atoms with E-state index in [1.165, 1.54) is 24.8 Å². The first-order chi connectivity index (χ1) is 8.77. The summed E-state index contributed by atoms with van der Waals surface area (Å²) in [5.41, 5.74) is 1.21. The Balaban J connectivity index is 1.92. The molecule has 1 aromatic carbocycles. The molecule has 0 radical (unpaired) electrons. The Labute approximate surface area is 110 Å². The molecular formula is C16H22N2. The van der Waals surface area contributed by atoms with Gasteiger partial charge in [-0.2, -0.15) is 5.10 Å². The van der Waals surface area contributed by atoms with Crippen LogP contribution < -0.4 is 0 Å². The van der Waals surface area contributed by atoms with Gasteiger partial charge in [-0.1, -0.05) is 36.4 Å². The van der Waals surface area contributed by atoms with Crippen LogP contribution in [0.25, 0.3) is 6.08 Å². The number of benzene rings is 1. The minimum absolute atomic E-state index is 0.565. The van der Waals surface area contributed by atoms with Crippen molar-refractivity contribution in [1.82, 2.24) is 5.01 Å². The molecule has 0 aromatic heterocycles. The van der Waals surface area contributed by atoms with Crippen molar-refractivity contribution in [2.24, 2.45) is 5.10 Å². The summed E-state index contributed by atoms with van der Waals surface area (Å²) in [6.45, 7) is 4.52. The summed E-state index contributed by atoms with van der Waals surface area (Å²) in [6.07, 6.45) is 9.85. The van der Waals surface area contributed by atoms with E-state index < -0.39 is 0 Å². The topological polar surface area (TPSA) is 15.6 Å². The molecule has 0 N–H and O–H groups in total. The van der Waals surface area contributed by atoms with Crippen molar-refractivity contribution in [3.63, 3.8) is 0 Å². The third-order valence-corrected chi connectivity index (χ3v) is 3.52. The van der Waals surface area contributed by atoms with Gasteiger partial charge in [-0.25, -0.2) is 0 Å². The average molecular weight is 242 g/mol. The predicted molar refractivity (Wildman–Crippen MR) is 78.6 cm³/mol. The zero-order valence-corrected chi connectivity index (χ0v) is 11.3. The fourth-order valence-electron chi connectivity index (χ4n) is 2.47. The van der Waals surface area contributed by atoms with Gasteiger partial charge in [0.05, 0.1) is 0 Å². The fourth-order valence-corrected chi connectivity index (χ4v) is 2.47. The molecule has 0 spiro atoms. The quantitative estimate of drug-likeness (QED) is 0.733. The van der Waals surface area contributed by atoms with Gasteiger partial charge in [0, 0.05) is 18.3 Å². The normalized spacial score (nSPS) is 25.1. The molecule has 0 bridgehead atoms. The summed E-state index contributed by atoms with van der Waals surface area (Å²) >= 11 is 0. The van der Waals surface area contributed by atoms with Gasteiger partial charge in [0.15, 0.2) is 0 Å². The number of hydrazone groups is 1. The Kier molecular flexibility index (Phi) is 4.57. The van der Waals surface area contributed by atoms with E-state index in [4.69, 9.17) is 0 Å². The smallest absolute Gasteiger partial charge is 0.0470 e. The first-order valence-electron chi connectivity index (χ1n) is 6.81. The molecule has 1 aliphatic rings. The van der Waals surface area contributed by atoms with Gasteiger partial charge in [-0.05, 0) is 44.7 Å². The second kappa shape index (κ2) is 6.39. The maximum atomic E-state index is 4.58. The van der Waals surface area contributed by atoms with Crippen molar-refractivity contribution in [3.8, 4) is 0 Å². The molecule has 96 valence electrons. The predicted octanol–water partition coefficient (Wildman–Crippen LogP) is 3.95. The van der Waals surface area contributed by atoms with Crippen LogP contribution in [0.15, 0.2) is 41.5 Å². The number of hydrogen-bond donors (Lipinski definition) is 0. The van der Waals surface area contributed by atoms with E-state index in [2.05, 4.69) is 42.2 Å². The van der Waals surface area contributed by atoms with Gasteiger partial charge < -0.3 is 0 Å². The first kappa shape index (κ1) is 12.9. The summed E-state index contributed by atoms with van der Waals surface area (Å²) in [4.78, 5) is 0. The van der Waals surface area contributed by atoms with Crippen molar-refractivity contribution < 1.29 is 0 Å². The monoisotopic (exact) mass is 242 g/mol. The highest BCUT2D eigenvalue weighted by Gasteiger charge is 2.22. The minimum Gasteiger partial charge on any atom is -0.292 e. The highest BCUT2D eigenvalue weighted by Crippen LogP contribution is 2.22. The Hall–Kier alpha value is -1.57. The van der Waals surface area contributed by atoms with Crippen LogP contribution in [0.4, 0.5) is 0 Å². The van der Waals surface area contributed by atoms with Crippen molar-refractivity contribution in [3.05, 3.63) is 42.0 Å². The van der Waals surface area contributed by atoms with Crippen LogP contribution >= 0.6 is 0 Å². The lowest BCUT2D eigenvalue weighted by atomic mass is 10.00. The van der Waals surface area contributed by atoms with Gasteiger partial charge in [-0.3, -0.25) is 5.01 Å². The molecule has 0 unspecified atom stereocenters. The maximum Gasteiger partial charge on any atom is 0.0470 e. The van der Waals surface area contributed by atoms with Gasteiger partial charge in [-0.15, -0.1) is 0 Å². The lowest BCUT2D eigenvalue weighted by molar-refractivity contribution is 0.109. The first-order valence-corrected chi connectivity index (χ1v) is 6.81. The minimum atomic E-state index is 0.565. The summed E-state index contributed by atoms with van der Waals surface area (Å²) in [5, 5.41) is 6.82. The molecular weight excluding hydrogens is 220 g/mol. The van der Waals surface area contributed by atoms with E-state index in [9.17, 15) is 0 Å². The number of rotatable bonds is 3. The molecule has 0 amide bonds. The average Bonchev–Trinajstić information content (AvgIpc) is 2.38. The third-order valence-electron chi connectivity index (χ3n) is 3.52. The number of allylic oxidation sites excluding steroid dienone is 1. The molecule has 1 fully saturated rings. The van der Waals surface area contributed by atoms with Crippen LogP contribution in [0, 0.1) is 0 Å². The van der Waals surface area contributed by atoms with Crippen LogP contribution in [-0.4, -0.2) is 23.3 Å². The van der Waals surface area contributed by atoms with Crippen LogP contribution in [-0.2, 0) is 0 Å². The maximum absolute atomic E-state index is 4.58. The number of hydrogen-bond acceptors (Lipinski definition) is 2. The molecule has 18 heavy (non-hydrogen) atoms. The Bertz CT molecular complexity index is 398. The zero-order valence-electron chi connectivity index (χ0n) is 11.3. The van der Waals surface area contributed by atoms with Crippen molar-refractivity contribution in [2.45, 2.75) is 45.2 Å². The molecule has 0 saturated carbocycles. The second-order valence-electron chi connectivity index (χ2n) is 5.04. The summed E-state index contributed by atoms with van der Waals surface area (Å²) < 4.78 is 0. The van der Waals surface area contributed by atoms with Gasteiger partial charge in [0.2, 0.25) is 0 Å². The Morgan fingerprint density at radius 3 is 2.44 bits per heavy atom. The molecule has 1 heterocycles. The van der Waals surface area contributed by atoms with Gasteiger partial charge in [0.1, 0.15) is 0 Å². The zero-order chi connectivity index (χ0) is 12.8. The van der Waals surface area contributed by atoms with Crippen molar-refractivity contribution in [2.75, 3.05) is 0 Å². The van der Waals surface area contributed by atoms with E-state index in [0.29, 0.717) is 12.1 Å². The molecule has 2 nitrogen and oxygen atoms in total. The van der Waals surface area contributed by atoms with E-state index in [1.54, 1.807) is 0 Å². The molecule has 1 aliphatic heterocycles. The van der Waals surface area contributed by atoms with Gasteiger partial charge >= 0.3 is 0 Å². The molecule has 2 rings (SSSR count). The van der Waals surface area contributed by atoms with Crippen molar-refractivity contribution in [1.29, 1.82) is 0 Å². The number of nitrogens with zero attached hydrogens (tertiary/aromatic N) is 2. The van der Waals surface area contributed by atoms with Crippen LogP contribution in [0.1, 0.15) is 38.7 Å². The SMILES string of the molecule is C[C@@H]1CCC[C@@H](C)N1/N=C\C=C\c1ccccc1.